The summed E-state index contributed by atoms with van der Waals surface area (Å²) in [5.74, 6) is -1.72. The Hall–Kier alpha value is -2.89. The van der Waals surface area contributed by atoms with Crippen LogP contribution in [0.25, 0.3) is 0 Å². The van der Waals surface area contributed by atoms with Crippen molar-refractivity contribution >= 4 is 46.4 Å². The van der Waals surface area contributed by atoms with Gasteiger partial charge < -0.3 is 10.0 Å². The van der Waals surface area contributed by atoms with Crippen molar-refractivity contribution in [2.45, 2.75) is 19.3 Å². The third-order valence-corrected chi connectivity index (χ3v) is 5.51. The molecule has 1 N–H and O–H groups in total. The number of anilines is 1. The van der Waals surface area contributed by atoms with E-state index in [9.17, 15) is 14.4 Å². The molecule has 0 fully saturated rings. The molecular weight excluding hydrogens is 425 g/mol. The van der Waals surface area contributed by atoms with Crippen molar-refractivity contribution in [1.82, 2.24) is 0 Å². The Morgan fingerprint density at radius 3 is 2.23 bits per heavy atom. The maximum Gasteiger partial charge on any atom is 0.335 e. The molecule has 0 aliphatic carbocycles. The number of ketones is 2. The van der Waals surface area contributed by atoms with E-state index in [0.29, 0.717) is 25.1 Å². The number of carbonyl (C=O) groups is 3. The maximum absolute atomic E-state index is 13.3. The summed E-state index contributed by atoms with van der Waals surface area (Å²) in [5.41, 5.74) is 1.18. The van der Waals surface area contributed by atoms with Crippen molar-refractivity contribution in [2.24, 2.45) is 0 Å². The number of halogens is 2. The van der Waals surface area contributed by atoms with Crippen molar-refractivity contribution < 1.29 is 19.5 Å². The molecule has 0 saturated heterocycles. The summed E-state index contributed by atoms with van der Waals surface area (Å²) in [5, 5.41) is 9.49. The molecule has 7 heteroatoms. The Kier molecular flexibility index (Phi) is 6.75. The van der Waals surface area contributed by atoms with Crippen molar-refractivity contribution in [1.29, 1.82) is 0 Å². The molecule has 1 aliphatic heterocycles. The predicted molar refractivity (Wildman–Crippen MR) is 118 cm³/mol. The molecule has 0 unspecified atom stereocenters. The van der Waals surface area contributed by atoms with Gasteiger partial charge in [-0.3, -0.25) is 9.59 Å². The van der Waals surface area contributed by atoms with Crippen LogP contribution in [0.2, 0.25) is 10.0 Å². The van der Waals surface area contributed by atoms with Gasteiger partial charge in [-0.05, 0) is 49.2 Å². The van der Waals surface area contributed by atoms with E-state index in [1.54, 1.807) is 36.5 Å². The number of nitrogens with zero attached hydrogens (tertiary/aromatic N) is 1. The number of carbonyl (C=O) groups excluding carboxylic acids is 2. The number of allylic oxidation sites excluding steroid dienone is 2. The highest BCUT2D eigenvalue weighted by Crippen LogP contribution is 2.31. The van der Waals surface area contributed by atoms with E-state index < -0.39 is 11.8 Å². The molecule has 1 aliphatic rings. The molecule has 2 aromatic carbocycles. The van der Waals surface area contributed by atoms with Gasteiger partial charge in [0.1, 0.15) is 0 Å². The summed E-state index contributed by atoms with van der Waals surface area (Å²) in [6.07, 6.45) is 3.21. The highest BCUT2D eigenvalue weighted by molar-refractivity contribution is 6.41. The first-order valence-electron chi connectivity index (χ1n) is 9.32. The summed E-state index contributed by atoms with van der Waals surface area (Å²) in [6, 6.07) is 11.1. The van der Waals surface area contributed by atoms with E-state index in [4.69, 9.17) is 28.3 Å². The van der Waals surface area contributed by atoms with E-state index >= 15 is 0 Å². The second-order valence-corrected chi connectivity index (χ2v) is 7.69. The first kappa shape index (κ1) is 21.8. The molecule has 0 saturated carbocycles. The number of hydrogen-bond donors (Lipinski definition) is 1. The molecular formula is C23H19Cl2NO4. The third-order valence-electron chi connectivity index (χ3n) is 4.88. The monoisotopic (exact) mass is 443 g/mol. The van der Waals surface area contributed by atoms with Gasteiger partial charge in [-0.15, -0.1) is 0 Å². The zero-order valence-corrected chi connectivity index (χ0v) is 17.5. The average Bonchev–Trinajstić information content (AvgIpc) is 2.78. The Morgan fingerprint density at radius 1 is 1.00 bits per heavy atom. The largest absolute Gasteiger partial charge is 0.478 e. The SMILES string of the molecule is C=C1C(=O)CCCCN(c2ccc(C(=O)O)cc2)/C=C\1C(=O)c1c(Cl)cccc1Cl. The van der Waals surface area contributed by atoms with Gasteiger partial charge in [0.2, 0.25) is 0 Å². The van der Waals surface area contributed by atoms with Crippen LogP contribution in [0.4, 0.5) is 5.69 Å². The Morgan fingerprint density at radius 2 is 1.63 bits per heavy atom. The average molecular weight is 444 g/mol. The van der Waals surface area contributed by atoms with E-state index in [1.807, 2.05) is 4.90 Å². The minimum Gasteiger partial charge on any atom is -0.478 e. The summed E-state index contributed by atoms with van der Waals surface area (Å²) < 4.78 is 0. The molecule has 154 valence electrons. The Labute approximate surface area is 184 Å². The second-order valence-electron chi connectivity index (χ2n) is 6.87. The first-order chi connectivity index (χ1) is 14.3. The fourth-order valence-corrected chi connectivity index (χ4v) is 3.78. The molecule has 0 amide bonds. The number of aromatic carboxylic acids is 1. The molecule has 0 bridgehead atoms. The molecule has 30 heavy (non-hydrogen) atoms. The number of benzene rings is 2. The summed E-state index contributed by atoms with van der Waals surface area (Å²) in [6.45, 7) is 4.40. The van der Waals surface area contributed by atoms with E-state index in [1.165, 1.54) is 12.1 Å². The minimum absolute atomic E-state index is 0.102. The van der Waals surface area contributed by atoms with Crippen LogP contribution in [0.15, 0.2) is 66.4 Å². The Bertz CT molecular complexity index is 1040. The fraction of sp³-hybridized carbons (Fsp3) is 0.174. The van der Waals surface area contributed by atoms with Crippen molar-refractivity contribution in [3.8, 4) is 0 Å². The van der Waals surface area contributed by atoms with Gasteiger partial charge in [-0.1, -0.05) is 35.8 Å². The van der Waals surface area contributed by atoms with Crippen molar-refractivity contribution in [3.05, 3.63) is 87.6 Å². The molecule has 0 radical (unpaired) electrons. The lowest BCUT2D eigenvalue weighted by molar-refractivity contribution is -0.115. The molecule has 5 nitrogen and oxygen atoms in total. The van der Waals surface area contributed by atoms with Crippen LogP contribution >= 0.6 is 23.2 Å². The van der Waals surface area contributed by atoms with E-state index in [2.05, 4.69) is 6.58 Å². The summed E-state index contributed by atoms with van der Waals surface area (Å²) >= 11 is 12.4. The van der Waals surface area contributed by atoms with Gasteiger partial charge in [0.15, 0.2) is 11.6 Å². The minimum atomic E-state index is -1.02. The van der Waals surface area contributed by atoms with Gasteiger partial charge in [0.05, 0.1) is 21.2 Å². The lowest BCUT2D eigenvalue weighted by Gasteiger charge is -2.22. The quantitative estimate of drug-likeness (QED) is 0.493. The third kappa shape index (κ3) is 4.64. The van der Waals surface area contributed by atoms with Crippen LogP contribution in [0, 0.1) is 0 Å². The normalized spacial score (nSPS) is 16.9. The van der Waals surface area contributed by atoms with Gasteiger partial charge in [-0.25, -0.2) is 4.79 Å². The lowest BCUT2D eigenvalue weighted by Crippen LogP contribution is -2.21. The standard InChI is InChI=1S/C23H19Cl2NO4/c1-14-17(22(28)21-18(24)5-4-6-19(21)25)13-26(12-3-2-7-20(14)27)16-10-8-15(9-11-16)23(29)30/h4-6,8-11,13H,1-3,7,12H2,(H,29,30)/b17-13+. The topological polar surface area (TPSA) is 74.7 Å². The fourth-order valence-electron chi connectivity index (χ4n) is 3.21. The van der Waals surface area contributed by atoms with Gasteiger partial charge in [-0.2, -0.15) is 0 Å². The number of hydrogen-bond acceptors (Lipinski definition) is 4. The summed E-state index contributed by atoms with van der Waals surface area (Å²) in [4.78, 5) is 38.8. The van der Waals surface area contributed by atoms with E-state index in [-0.39, 0.29) is 44.5 Å². The van der Waals surface area contributed by atoms with Crippen LogP contribution in [0.1, 0.15) is 40.0 Å². The molecule has 1 heterocycles. The summed E-state index contributed by atoms with van der Waals surface area (Å²) in [7, 11) is 0. The number of rotatable bonds is 4. The number of Topliss-reactive ketones (excluding diaryl/α,β-unsaturated/α-hetero) is 2. The molecule has 0 atom stereocenters. The van der Waals surface area contributed by atoms with Crippen LogP contribution in [0.3, 0.4) is 0 Å². The molecule has 2 aromatic rings. The lowest BCUT2D eigenvalue weighted by atomic mass is 9.94. The van der Waals surface area contributed by atoms with Crippen LogP contribution in [0.5, 0.6) is 0 Å². The second kappa shape index (κ2) is 9.28. The van der Waals surface area contributed by atoms with Crippen LogP contribution in [-0.2, 0) is 4.79 Å². The zero-order chi connectivity index (χ0) is 21.8. The van der Waals surface area contributed by atoms with Crippen LogP contribution < -0.4 is 4.90 Å². The number of carboxylic acid groups (broad SMARTS) is 1. The van der Waals surface area contributed by atoms with Gasteiger partial charge >= 0.3 is 5.97 Å². The molecule has 3 rings (SSSR count). The smallest absolute Gasteiger partial charge is 0.335 e. The maximum atomic E-state index is 13.3. The van der Waals surface area contributed by atoms with Crippen molar-refractivity contribution in [2.75, 3.05) is 11.4 Å². The first-order valence-corrected chi connectivity index (χ1v) is 10.1. The molecule has 0 spiro atoms. The predicted octanol–water partition coefficient (Wildman–Crippen LogP) is 5.57. The van der Waals surface area contributed by atoms with Crippen LogP contribution in [-0.4, -0.2) is 29.2 Å². The number of carboxylic acids is 1. The molecule has 0 aromatic heterocycles. The Balaban J connectivity index is 2.09. The van der Waals surface area contributed by atoms with Gasteiger partial charge in [0, 0.05) is 36.0 Å². The highest BCUT2D eigenvalue weighted by atomic mass is 35.5. The van der Waals surface area contributed by atoms with Crippen molar-refractivity contribution in [3.63, 3.8) is 0 Å². The highest BCUT2D eigenvalue weighted by Gasteiger charge is 2.26. The van der Waals surface area contributed by atoms with E-state index in [0.717, 1.165) is 0 Å². The van der Waals surface area contributed by atoms with Gasteiger partial charge in [0.25, 0.3) is 0 Å². The zero-order valence-electron chi connectivity index (χ0n) is 16.0.